The largest absolute Gasteiger partial charge is 0.278 e. The van der Waals surface area contributed by atoms with Gasteiger partial charge in [-0.05, 0) is 24.6 Å². The maximum absolute atomic E-state index is 10.9. The summed E-state index contributed by atoms with van der Waals surface area (Å²) in [6.45, 7) is 1.69. The molecule has 7 heteroatoms. The van der Waals surface area contributed by atoms with Crippen LogP contribution in [0.4, 0.5) is 17.1 Å². The molecule has 2 rings (SSSR count). The Morgan fingerprint density at radius 1 is 1.05 bits per heavy atom. The van der Waals surface area contributed by atoms with Gasteiger partial charge in [0.25, 0.3) is 11.4 Å². The van der Waals surface area contributed by atoms with Crippen LogP contribution in [0, 0.1) is 27.2 Å². The summed E-state index contributed by atoms with van der Waals surface area (Å²) in [6, 6.07) is 10.5. The number of nitro benzene ring substituents is 2. The van der Waals surface area contributed by atoms with Crippen LogP contribution in [0.25, 0.3) is 0 Å². The van der Waals surface area contributed by atoms with Gasteiger partial charge in [0.15, 0.2) is 0 Å². The Morgan fingerprint density at radius 3 is 2.38 bits per heavy atom. The van der Waals surface area contributed by atoms with Gasteiger partial charge in [-0.25, -0.2) is 0 Å². The molecule has 0 N–H and O–H groups in total. The van der Waals surface area contributed by atoms with Gasteiger partial charge in [0.2, 0.25) is 0 Å². The Bertz CT molecular complexity index is 741. The number of aliphatic imine (C=N–C) groups is 1. The van der Waals surface area contributed by atoms with Crippen LogP contribution in [0.2, 0.25) is 0 Å². The van der Waals surface area contributed by atoms with E-state index in [9.17, 15) is 20.2 Å². The molecule has 0 saturated carbocycles. The van der Waals surface area contributed by atoms with Crippen molar-refractivity contribution in [3.05, 3.63) is 73.8 Å². The molecule has 0 spiro atoms. The molecule has 0 aliphatic heterocycles. The van der Waals surface area contributed by atoms with E-state index in [2.05, 4.69) is 4.99 Å². The van der Waals surface area contributed by atoms with Gasteiger partial charge in [-0.2, -0.15) is 0 Å². The molecule has 2 aromatic rings. The van der Waals surface area contributed by atoms with Crippen molar-refractivity contribution in [2.75, 3.05) is 0 Å². The second-order valence-electron chi connectivity index (χ2n) is 4.30. The molecule has 0 unspecified atom stereocenters. The number of benzene rings is 2. The van der Waals surface area contributed by atoms with Crippen molar-refractivity contribution in [3.63, 3.8) is 0 Å². The van der Waals surface area contributed by atoms with Gasteiger partial charge in [0.05, 0.1) is 21.1 Å². The zero-order chi connectivity index (χ0) is 15.4. The zero-order valence-electron chi connectivity index (χ0n) is 11.1. The third-order valence-corrected chi connectivity index (χ3v) is 2.87. The second kappa shape index (κ2) is 5.91. The molecule has 2 aromatic carbocycles. The van der Waals surface area contributed by atoms with Gasteiger partial charge in [-0.1, -0.05) is 12.1 Å². The molecule has 0 aromatic heterocycles. The van der Waals surface area contributed by atoms with Crippen LogP contribution in [0.1, 0.15) is 11.1 Å². The number of non-ortho nitro benzene ring substituents is 1. The molecule has 21 heavy (non-hydrogen) atoms. The normalized spacial score (nSPS) is 10.7. The average molecular weight is 285 g/mol. The third kappa shape index (κ3) is 3.27. The highest BCUT2D eigenvalue weighted by atomic mass is 16.6. The van der Waals surface area contributed by atoms with E-state index in [4.69, 9.17) is 0 Å². The maximum Gasteiger partial charge on any atom is 0.278 e. The summed E-state index contributed by atoms with van der Waals surface area (Å²) in [5.41, 5.74) is 1.47. The summed E-state index contributed by atoms with van der Waals surface area (Å²) in [5.74, 6) is 0. The van der Waals surface area contributed by atoms with Gasteiger partial charge in [-0.3, -0.25) is 25.2 Å². The highest BCUT2D eigenvalue weighted by Crippen LogP contribution is 2.24. The fraction of sp³-hybridized carbons (Fsp3) is 0.0714. The van der Waals surface area contributed by atoms with Crippen molar-refractivity contribution in [1.82, 2.24) is 0 Å². The van der Waals surface area contributed by atoms with E-state index in [0.717, 1.165) is 0 Å². The Labute approximate surface area is 119 Å². The number of hydrogen-bond acceptors (Lipinski definition) is 5. The quantitative estimate of drug-likeness (QED) is 0.487. The molecule has 0 atom stereocenters. The molecule has 0 amide bonds. The Kier molecular flexibility index (Phi) is 4.03. The highest BCUT2D eigenvalue weighted by Gasteiger charge is 2.11. The molecule has 0 aliphatic carbocycles. The van der Waals surface area contributed by atoms with E-state index in [-0.39, 0.29) is 11.4 Å². The van der Waals surface area contributed by atoms with Crippen LogP contribution >= 0.6 is 0 Å². The molecule has 0 aliphatic rings. The summed E-state index contributed by atoms with van der Waals surface area (Å²) in [5, 5.41) is 21.5. The Balaban J connectivity index is 2.34. The summed E-state index contributed by atoms with van der Waals surface area (Å²) >= 11 is 0. The molecule has 0 heterocycles. The minimum absolute atomic E-state index is 0.0165. The van der Waals surface area contributed by atoms with Crippen molar-refractivity contribution in [1.29, 1.82) is 0 Å². The number of rotatable bonds is 4. The molecule has 7 nitrogen and oxygen atoms in total. The molecule has 0 fully saturated rings. The van der Waals surface area contributed by atoms with Crippen LogP contribution in [0.3, 0.4) is 0 Å². The van der Waals surface area contributed by atoms with Crippen LogP contribution < -0.4 is 0 Å². The maximum atomic E-state index is 10.9. The molecule has 0 radical (unpaired) electrons. The summed E-state index contributed by atoms with van der Waals surface area (Å²) < 4.78 is 0. The fourth-order valence-electron chi connectivity index (χ4n) is 1.80. The minimum Gasteiger partial charge on any atom is -0.258 e. The lowest BCUT2D eigenvalue weighted by Crippen LogP contribution is -1.93. The van der Waals surface area contributed by atoms with Gasteiger partial charge in [0.1, 0.15) is 0 Å². The van der Waals surface area contributed by atoms with Gasteiger partial charge in [0, 0.05) is 24.4 Å². The van der Waals surface area contributed by atoms with E-state index in [0.29, 0.717) is 16.8 Å². The average Bonchev–Trinajstić information content (AvgIpc) is 2.46. The van der Waals surface area contributed by atoms with Gasteiger partial charge >= 0.3 is 0 Å². The molecule has 106 valence electrons. The lowest BCUT2D eigenvalue weighted by atomic mass is 10.1. The van der Waals surface area contributed by atoms with E-state index < -0.39 is 9.85 Å². The van der Waals surface area contributed by atoms with Crippen molar-refractivity contribution in [2.45, 2.75) is 6.92 Å². The van der Waals surface area contributed by atoms with Crippen molar-refractivity contribution < 1.29 is 9.85 Å². The first kappa shape index (κ1) is 14.3. The van der Waals surface area contributed by atoms with Crippen molar-refractivity contribution >= 4 is 23.3 Å². The predicted molar refractivity (Wildman–Crippen MR) is 78.2 cm³/mol. The Morgan fingerprint density at radius 2 is 1.76 bits per heavy atom. The number of nitrogens with zero attached hydrogens (tertiary/aromatic N) is 3. The van der Waals surface area contributed by atoms with E-state index in [1.165, 1.54) is 30.5 Å². The summed E-state index contributed by atoms with van der Waals surface area (Å²) in [7, 11) is 0. The number of hydrogen-bond donors (Lipinski definition) is 0. The number of aryl methyl sites for hydroxylation is 1. The topological polar surface area (TPSA) is 98.6 Å². The third-order valence-electron chi connectivity index (χ3n) is 2.87. The lowest BCUT2D eigenvalue weighted by Gasteiger charge is -2.00. The van der Waals surface area contributed by atoms with Gasteiger partial charge in [-0.15, -0.1) is 0 Å². The van der Waals surface area contributed by atoms with Crippen LogP contribution in [-0.4, -0.2) is 16.1 Å². The first-order valence-electron chi connectivity index (χ1n) is 6.01. The molecular formula is C14H11N3O4. The first-order valence-corrected chi connectivity index (χ1v) is 6.01. The van der Waals surface area contributed by atoms with E-state index in [1.54, 1.807) is 25.1 Å². The predicted octanol–water partition coefficient (Wildman–Crippen LogP) is 3.56. The van der Waals surface area contributed by atoms with Crippen LogP contribution in [0.15, 0.2) is 47.5 Å². The van der Waals surface area contributed by atoms with Crippen LogP contribution in [-0.2, 0) is 0 Å². The van der Waals surface area contributed by atoms with Gasteiger partial charge < -0.3 is 0 Å². The summed E-state index contributed by atoms with van der Waals surface area (Å²) in [6.07, 6.45) is 1.38. The van der Waals surface area contributed by atoms with Crippen molar-refractivity contribution in [2.24, 2.45) is 4.99 Å². The first-order chi connectivity index (χ1) is 9.99. The molecule has 0 saturated heterocycles. The SMILES string of the molecule is Cc1cc([N+](=O)[O-])ccc1N=Cc1ccccc1[N+](=O)[O-]. The smallest absolute Gasteiger partial charge is 0.258 e. The van der Waals surface area contributed by atoms with Crippen LogP contribution in [0.5, 0.6) is 0 Å². The number of nitro groups is 2. The van der Waals surface area contributed by atoms with Crippen molar-refractivity contribution in [3.8, 4) is 0 Å². The fourth-order valence-corrected chi connectivity index (χ4v) is 1.80. The Hall–Kier alpha value is -3.09. The van der Waals surface area contributed by atoms with E-state index in [1.807, 2.05) is 0 Å². The summed E-state index contributed by atoms with van der Waals surface area (Å²) in [4.78, 5) is 24.7. The highest BCUT2D eigenvalue weighted by molar-refractivity contribution is 5.87. The zero-order valence-corrected chi connectivity index (χ0v) is 11.1. The van der Waals surface area contributed by atoms with E-state index >= 15 is 0 Å². The molecular weight excluding hydrogens is 274 g/mol. The lowest BCUT2D eigenvalue weighted by molar-refractivity contribution is -0.385. The monoisotopic (exact) mass is 285 g/mol. The molecule has 0 bridgehead atoms. The number of para-hydroxylation sites is 1. The minimum atomic E-state index is -0.484. The standard InChI is InChI=1S/C14H11N3O4/c1-10-8-12(16(18)19)6-7-13(10)15-9-11-4-2-3-5-14(11)17(20)21/h2-9H,1H3. The second-order valence-corrected chi connectivity index (χ2v) is 4.30.